The normalized spacial score (nSPS) is 11.7. The largest absolute Gasteiger partial charge is 0.384 e. The van der Waals surface area contributed by atoms with Crippen LogP contribution in [0.1, 0.15) is 15.9 Å². The maximum atomic E-state index is 13.3. The molecule has 10 heteroatoms. The van der Waals surface area contributed by atoms with Gasteiger partial charge in [-0.3, -0.25) is 9.36 Å². The smallest absolute Gasteiger partial charge is 0.257 e. The van der Waals surface area contributed by atoms with E-state index in [1.807, 2.05) is 54.6 Å². The number of carbonyl (C=O) groups is 1. The zero-order chi connectivity index (χ0) is 23.9. The van der Waals surface area contributed by atoms with Crippen molar-refractivity contribution in [1.82, 2.24) is 19.9 Å². The maximum absolute atomic E-state index is 13.3. The highest BCUT2D eigenvalue weighted by molar-refractivity contribution is 7.89. The van der Waals surface area contributed by atoms with Crippen LogP contribution in [0.4, 0.5) is 5.82 Å². The van der Waals surface area contributed by atoms with Crippen LogP contribution >= 0.6 is 0 Å². The van der Waals surface area contributed by atoms with Gasteiger partial charge in [-0.1, -0.05) is 42.5 Å². The van der Waals surface area contributed by atoms with Gasteiger partial charge >= 0.3 is 0 Å². The van der Waals surface area contributed by atoms with Crippen molar-refractivity contribution >= 4 is 43.9 Å². The van der Waals surface area contributed by atoms with Crippen LogP contribution < -0.4 is 16.2 Å². The number of nitrogens with two attached hydrogens (primary N) is 2. The second kappa shape index (κ2) is 8.25. The van der Waals surface area contributed by atoms with Crippen LogP contribution in [0, 0.1) is 0 Å². The zero-order valence-electron chi connectivity index (χ0n) is 17.8. The monoisotopic (exact) mass is 472 g/mol. The summed E-state index contributed by atoms with van der Waals surface area (Å²) in [6, 6.07) is 22.7. The standard InChI is InChI=1S/C24H20N6O3S/c25-22-20(24(31)27-14-15-6-2-1-3-7-15)21-23(29-19-9-5-4-8-18(19)28-21)30(22)16-10-12-17(13-11-16)34(26,32)33/h1-13H,14,25H2,(H,27,31)(H2,26,32,33). The number of para-hydroxylation sites is 2. The number of amides is 1. The van der Waals surface area contributed by atoms with E-state index in [9.17, 15) is 13.2 Å². The molecular weight excluding hydrogens is 452 g/mol. The molecule has 1 amide bonds. The molecule has 0 fully saturated rings. The molecule has 0 bridgehead atoms. The van der Waals surface area contributed by atoms with Crippen molar-refractivity contribution in [3.8, 4) is 5.69 Å². The summed E-state index contributed by atoms with van der Waals surface area (Å²) in [6.45, 7) is 0.315. The van der Waals surface area contributed by atoms with E-state index >= 15 is 0 Å². The third-order valence-corrected chi connectivity index (χ3v) is 6.37. The Morgan fingerprint density at radius 3 is 2.15 bits per heavy atom. The van der Waals surface area contributed by atoms with Gasteiger partial charge in [0.25, 0.3) is 5.91 Å². The van der Waals surface area contributed by atoms with Crippen LogP contribution in [0.2, 0.25) is 0 Å². The molecular formula is C24H20N6O3S. The Morgan fingerprint density at radius 1 is 0.882 bits per heavy atom. The van der Waals surface area contributed by atoms with Crippen LogP contribution in [-0.2, 0) is 16.6 Å². The van der Waals surface area contributed by atoms with Gasteiger partial charge < -0.3 is 11.1 Å². The van der Waals surface area contributed by atoms with Gasteiger partial charge in [0.15, 0.2) is 5.65 Å². The molecule has 9 nitrogen and oxygen atoms in total. The third-order valence-electron chi connectivity index (χ3n) is 5.44. The van der Waals surface area contributed by atoms with E-state index in [4.69, 9.17) is 15.9 Å². The maximum Gasteiger partial charge on any atom is 0.257 e. The Bertz CT molecular complexity index is 1650. The lowest BCUT2D eigenvalue weighted by Crippen LogP contribution is -2.24. The number of fused-ring (bicyclic) bond motifs is 2. The number of nitrogens with zero attached hydrogens (tertiary/aromatic N) is 3. The lowest BCUT2D eigenvalue weighted by Gasteiger charge is -2.09. The lowest BCUT2D eigenvalue weighted by molar-refractivity contribution is 0.0953. The van der Waals surface area contributed by atoms with Crippen molar-refractivity contribution in [2.75, 3.05) is 5.73 Å². The SMILES string of the molecule is Nc1c(C(=O)NCc2ccccc2)c2nc3ccccc3nc2n1-c1ccc(S(N)(=O)=O)cc1. The summed E-state index contributed by atoms with van der Waals surface area (Å²) in [4.78, 5) is 22.6. The fourth-order valence-corrected chi connectivity index (χ4v) is 4.31. The summed E-state index contributed by atoms with van der Waals surface area (Å²) in [7, 11) is -3.86. The molecule has 0 atom stereocenters. The number of carbonyl (C=O) groups excluding carboxylic acids is 1. The van der Waals surface area contributed by atoms with Crippen LogP contribution in [0.15, 0.2) is 83.8 Å². The first-order valence-electron chi connectivity index (χ1n) is 10.3. The number of aromatic nitrogens is 3. The Balaban J connectivity index is 1.67. The number of primary sulfonamides is 1. The van der Waals surface area contributed by atoms with Gasteiger partial charge in [-0.05, 0) is 42.0 Å². The van der Waals surface area contributed by atoms with Crippen molar-refractivity contribution < 1.29 is 13.2 Å². The Hall–Kier alpha value is -4.28. The first kappa shape index (κ1) is 21.6. The molecule has 0 aliphatic heterocycles. The average Bonchev–Trinajstić information content (AvgIpc) is 3.12. The first-order chi connectivity index (χ1) is 16.3. The molecule has 3 aromatic carbocycles. The van der Waals surface area contributed by atoms with E-state index in [2.05, 4.69) is 10.3 Å². The molecule has 0 unspecified atom stereocenters. The molecule has 34 heavy (non-hydrogen) atoms. The van der Waals surface area contributed by atoms with Gasteiger partial charge in [-0.25, -0.2) is 23.5 Å². The zero-order valence-corrected chi connectivity index (χ0v) is 18.7. The van der Waals surface area contributed by atoms with Gasteiger partial charge in [0.1, 0.15) is 16.9 Å². The van der Waals surface area contributed by atoms with E-state index in [-0.39, 0.29) is 16.3 Å². The van der Waals surface area contributed by atoms with E-state index in [1.165, 1.54) is 12.1 Å². The molecule has 0 aliphatic carbocycles. The first-order valence-corrected chi connectivity index (χ1v) is 11.9. The van der Waals surface area contributed by atoms with Crippen molar-refractivity contribution in [3.63, 3.8) is 0 Å². The van der Waals surface area contributed by atoms with Crippen molar-refractivity contribution in [1.29, 1.82) is 0 Å². The highest BCUT2D eigenvalue weighted by atomic mass is 32.2. The van der Waals surface area contributed by atoms with Crippen molar-refractivity contribution in [2.24, 2.45) is 5.14 Å². The molecule has 0 aliphatic rings. The second-order valence-electron chi connectivity index (χ2n) is 7.69. The summed E-state index contributed by atoms with van der Waals surface area (Å²) in [5, 5.41) is 8.11. The van der Waals surface area contributed by atoms with Crippen LogP contribution in [-0.4, -0.2) is 28.9 Å². The number of nitrogens with one attached hydrogen (secondary N) is 1. The van der Waals surface area contributed by atoms with Crippen molar-refractivity contribution in [3.05, 3.63) is 90.0 Å². The summed E-state index contributed by atoms with van der Waals surface area (Å²) < 4.78 is 24.9. The molecule has 0 spiro atoms. The van der Waals surface area contributed by atoms with E-state index in [0.717, 1.165) is 5.56 Å². The Morgan fingerprint density at radius 2 is 1.50 bits per heavy atom. The summed E-state index contributed by atoms with van der Waals surface area (Å²) >= 11 is 0. The molecule has 5 aromatic rings. The molecule has 0 saturated carbocycles. The lowest BCUT2D eigenvalue weighted by atomic mass is 10.2. The number of anilines is 1. The van der Waals surface area contributed by atoms with Gasteiger partial charge in [-0.15, -0.1) is 0 Å². The van der Waals surface area contributed by atoms with E-state index in [0.29, 0.717) is 34.4 Å². The number of nitrogen functional groups attached to an aromatic ring is 1. The molecule has 170 valence electrons. The molecule has 0 saturated heterocycles. The van der Waals surface area contributed by atoms with Crippen LogP contribution in [0.3, 0.4) is 0 Å². The predicted octanol–water partition coefficient (Wildman–Crippen LogP) is 2.73. The van der Waals surface area contributed by atoms with Crippen LogP contribution in [0.5, 0.6) is 0 Å². The van der Waals surface area contributed by atoms with Gasteiger partial charge in [-0.2, -0.15) is 0 Å². The van der Waals surface area contributed by atoms with E-state index < -0.39 is 15.9 Å². The summed E-state index contributed by atoms with van der Waals surface area (Å²) in [5.41, 5.74) is 10.1. The summed E-state index contributed by atoms with van der Waals surface area (Å²) in [5.74, 6) is -0.255. The Kier molecular flexibility index (Phi) is 5.23. The Labute approximate surface area is 195 Å². The summed E-state index contributed by atoms with van der Waals surface area (Å²) in [6.07, 6.45) is 0. The third kappa shape index (κ3) is 3.85. The topological polar surface area (TPSA) is 146 Å². The molecule has 5 N–H and O–H groups in total. The quantitative estimate of drug-likeness (QED) is 0.358. The number of sulfonamides is 1. The average molecular weight is 473 g/mol. The highest BCUT2D eigenvalue weighted by Gasteiger charge is 2.25. The second-order valence-corrected chi connectivity index (χ2v) is 9.25. The molecule has 0 radical (unpaired) electrons. The minimum absolute atomic E-state index is 0.0383. The van der Waals surface area contributed by atoms with Gasteiger partial charge in [0, 0.05) is 12.2 Å². The number of hydrogen-bond donors (Lipinski definition) is 3. The minimum atomic E-state index is -3.86. The van der Waals surface area contributed by atoms with Crippen LogP contribution in [0.25, 0.3) is 27.9 Å². The minimum Gasteiger partial charge on any atom is -0.384 e. The fourth-order valence-electron chi connectivity index (χ4n) is 3.80. The van der Waals surface area contributed by atoms with Gasteiger partial charge in [0.2, 0.25) is 10.0 Å². The molecule has 5 rings (SSSR count). The molecule has 2 heterocycles. The number of hydrogen-bond acceptors (Lipinski definition) is 6. The fraction of sp³-hybridized carbons (Fsp3) is 0.0417. The highest BCUT2D eigenvalue weighted by Crippen LogP contribution is 2.31. The predicted molar refractivity (Wildman–Crippen MR) is 130 cm³/mol. The van der Waals surface area contributed by atoms with E-state index in [1.54, 1.807) is 16.7 Å². The number of benzene rings is 3. The molecule has 2 aromatic heterocycles. The van der Waals surface area contributed by atoms with Crippen molar-refractivity contribution in [2.45, 2.75) is 11.4 Å². The number of rotatable bonds is 5. The van der Waals surface area contributed by atoms with Gasteiger partial charge in [0.05, 0.1) is 15.9 Å².